The minimum absolute atomic E-state index is 0.0798. The maximum Gasteiger partial charge on any atom is 0.321 e. The van der Waals surface area contributed by atoms with E-state index in [-0.39, 0.29) is 12.6 Å². The third-order valence-corrected chi connectivity index (χ3v) is 4.73. The van der Waals surface area contributed by atoms with Gasteiger partial charge in [-0.05, 0) is 48.8 Å². The first-order chi connectivity index (χ1) is 10.1. The van der Waals surface area contributed by atoms with Crippen molar-refractivity contribution in [2.75, 3.05) is 31.3 Å². The highest BCUT2D eigenvalue weighted by molar-refractivity contribution is 7.97. The maximum absolute atomic E-state index is 12.2. The molecule has 2 N–H and O–H groups in total. The van der Waals surface area contributed by atoms with Crippen LogP contribution in [0.25, 0.3) is 0 Å². The van der Waals surface area contributed by atoms with Crippen molar-refractivity contribution >= 4 is 35.1 Å². The van der Waals surface area contributed by atoms with Gasteiger partial charge in [-0.3, -0.25) is 0 Å². The molecule has 1 fully saturated rings. The first kappa shape index (κ1) is 16.5. The standard InChI is InChI=1S/C15H21ClN2O2S/c1-21-10-12-8-13(2-3-14(12)16)17-15(20)18-6-4-11(9-19)5-7-18/h2-3,8,11,19H,4-7,9-10H2,1H3,(H,17,20). The summed E-state index contributed by atoms with van der Waals surface area (Å²) in [7, 11) is 0. The maximum atomic E-state index is 12.2. The third-order valence-electron chi connectivity index (χ3n) is 3.76. The van der Waals surface area contributed by atoms with Crippen LogP contribution in [0.2, 0.25) is 5.02 Å². The second-order valence-electron chi connectivity index (χ2n) is 5.28. The van der Waals surface area contributed by atoms with Gasteiger partial charge in [0.2, 0.25) is 0 Å². The van der Waals surface area contributed by atoms with E-state index in [0.29, 0.717) is 19.0 Å². The first-order valence-electron chi connectivity index (χ1n) is 7.08. The Morgan fingerprint density at radius 1 is 1.48 bits per heavy atom. The number of nitrogens with one attached hydrogen (secondary N) is 1. The topological polar surface area (TPSA) is 52.6 Å². The Labute approximate surface area is 134 Å². The number of hydrogen-bond acceptors (Lipinski definition) is 3. The quantitative estimate of drug-likeness (QED) is 0.890. The normalized spacial score (nSPS) is 16.0. The number of aliphatic hydroxyl groups is 1. The number of carbonyl (C=O) groups is 1. The molecule has 4 nitrogen and oxygen atoms in total. The van der Waals surface area contributed by atoms with Gasteiger partial charge in [0.25, 0.3) is 0 Å². The van der Waals surface area contributed by atoms with Crippen molar-refractivity contribution in [1.82, 2.24) is 4.90 Å². The van der Waals surface area contributed by atoms with Crippen molar-refractivity contribution < 1.29 is 9.90 Å². The Morgan fingerprint density at radius 3 is 2.81 bits per heavy atom. The van der Waals surface area contributed by atoms with Crippen LogP contribution < -0.4 is 5.32 Å². The number of anilines is 1. The molecule has 21 heavy (non-hydrogen) atoms. The van der Waals surface area contributed by atoms with Crippen LogP contribution >= 0.6 is 23.4 Å². The van der Waals surface area contributed by atoms with Gasteiger partial charge in [0.15, 0.2) is 0 Å². The zero-order chi connectivity index (χ0) is 15.2. The number of aliphatic hydroxyl groups excluding tert-OH is 1. The lowest BCUT2D eigenvalue weighted by atomic mass is 9.98. The van der Waals surface area contributed by atoms with Crippen LogP contribution in [0.4, 0.5) is 10.5 Å². The summed E-state index contributed by atoms with van der Waals surface area (Å²) in [5.74, 6) is 1.16. The lowest BCUT2D eigenvalue weighted by molar-refractivity contribution is 0.143. The molecule has 6 heteroatoms. The highest BCUT2D eigenvalue weighted by Gasteiger charge is 2.22. The Kier molecular flexibility index (Phi) is 6.21. The van der Waals surface area contributed by atoms with Crippen LogP contribution in [-0.4, -0.2) is 42.0 Å². The van der Waals surface area contributed by atoms with E-state index in [1.807, 2.05) is 24.5 Å². The van der Waals surface area contributed by atoms with E-state index < -0.39 is 0 Å². The van der Waals surface area contributed by atoms with Crippen LogP contribution in [-0.2, 0) is 5.75 Å². The molecule has 1 aromatic rings. The molecule has 2 rings (SSSR count). The van der Waals surface area contributed by atoms with E-state index in [4.69, 9.17) is 16.7 Å². The summed E-state index contributed by atoms with van der Waals surface area (Å²) in [6.45, 7) is 1.61. The minimum Gasteiger partial charge on any atom is -0.396 e. The third kappa shape index (κ3) is 4.53. The Morgan fingerprint density at radius 2 is 2.19 bits per heavy atom. The molecule has 1 heterocycles. The average Bonchev–Trinajstić information content (AvgIpc) is 2.51. The molecular formula is C15H21ClN2O2S. The van der Waals surface area contributed by atoms with E-state index in [9.17, 15) is 4.79 Å². The monoisotopic (exact) mass is 328 g/mol. The molecule has 0 atom stereocenters. The number of rotatable bonds is 4. The van der Waals surface area contributed by atoms with Gasteiger partial charge in [-0.2, -0.15) is 11.8 Å². The first-order valence-corrected chi connectivity index (χ1v) is 8.85. The minimum atomic E-state index is -0.0798. The fourth-order valence-corrected chi connectivity index (χ4v) is 3.25. The van der Waals surface area contributed by atoms with Gasteiger partial charge in [0, 0.05) is 36.2 Å². The molecule has 1 aliphatic heterocycles. The van der Waals surface area contributed by atoms with E-state index in [0.717, 1.165) is 34.9 Å². The fraction of sp³-hybridized carbons (Fsp3) is 0.533. The summed E-state index contributed by atoms with van der Waals surface area (Å²) in [5, 5.41) is 12.8. The molecule has 0 saturated carbocycles. The second-order valence-corrected chi connectivity index (χ2v) is 6.56. The number of hydrogen-bond donors (Lipinski definition) is 2. The predicted molar refractivity (Wildman–Crippen MR) is 89.1 cm³/mol. The predicted octanol–water partition coefficient (Wildman–Crippen LogP) is 3.44. The summed E-state index contributed by atoms with van der Waals surface area (Å²) in [5.41, 5.74) is 1.80. The lowest BCUT2D eigenvalue weighted by Gasteiger charge is -2.31. The van der Waals surface area contributed by atoms with Gasteiger partial charge >= 0.3 is 6.03 Å². The molecule has 0 aromatic heterocycles. The second kappa shape index (κ2) is 7.92. The van der Waals surface area contributed by atoms with Gasteiger partial charge < -0.3 is 15.3 Å². The van der Waals surface area contributed by atoms with E-state index >= 15 is 0 Å². The van der Waals surface area contributed by atoms with Crippen molar-refractivity contribution in [3.8, 4) is 0 Å². The molecule has 0 bridgehead atoms. The largest absolute Gasteiger partial charge is 0.396 e. The van der Waals surface area contributed by atoms with Crippen molar-refractivity contribution in [3.63, 3.8) is 0 Å². The van der Waals surface area contributed by atoms with Gasteiger partial charge in [-0.15, -0.1) is 0 Å². The van der Waals surface area contributed by atoms with Gasteiger partial charge in [0.1, 0.15) is 0 Å². The fourth-order valence-electron chi connectivity index (χ4n) is 2.44. The highest BCUT2D eigenvalue weighted by atomic mass is 35.5. The van der Waals surface area contributed by atoms with E-state index in [2.05, 4.69) is 5.32 Å². The Hall–Kier alpha value is -0.910. The molecule has 2 amide bonds. The van der Waals surface area contributed by atoms with Gasteiger partial charge in [-0.1, -0.05) is 11.6 Å². The van der Waals surface area contributed by atoms with Crippen LogP contribution in [0.5, 0.6) is 0 Å². The van der Waals surface area contributed by atoms with Crippen LogP contribution in [0, 0.1) is 5.92 Å². The molecule has 1 aliphatic rings. The van der Waals surface area contributed by atoms with Crippen molar-refractivity contribution in [3.05, 3.63) is 28.8 Å². The molecular weight excluding hydrogens is 308 g/mol. The van der Waals surface area contributed by atoms with Crippen LogP contribution in [0.1, 0.15) is 18.4 Å². The number of nitrogens with zero attached hydrogens (tertiary/aromatic N) is 1. The summed E-state index contributed by atoms with van der Waals surface area (Å²) in [4.78, 5) is 14.0. The lowest BCUT2D eigenvalue weighted by Crippen LogP contribution is -2.41. The molecule has 116 valence electrons. The SMILES string of the molecule is CSCc1cc(NC(=O)N2CCC(CO)CC2)ccc1Cl. The van der Waals surface area contributed by atoms with Crippen LogP contribution in [0.3, 0.4) is 0 Å². The highest BCUT2D eigenvalue weighted by Crippen LogP contribution is 2.24. The molecule has 0 spiro atoms. The number of thioether (sulfide) groups is 1. The number of likely N-dealkylation sites (tertiary alicyclic amines) is 1. The Balaban J connectivity index is 1.95. The van der Waals surface area contributed by atoms with Crippen LogP contribution in [0.15, 0.2) is 18.2 Å². The number of halogens is 1. The zero-order valence-electron chi connectivity index (χ0n) is 12.1. The van der Waals surface area contributed by atoms with Gasteiger partial charge in [-0.25, -0.2) is 4.79 Å². The van der Waals surface area contributed by atoms with E-state index in [1.54, 1.807) is 16.7 Å². The smallest absolute Gasteiger partial charge is 0.321 e. The van der Waals surface area contributed by atoms with Crippen molar-refractivity contribution in [2.24, 2.45) is 5.92 Å². The number of urea groups is 1. The summed E-state index contributed by atoms with van der Waals surface area (Å²) in [6.07, 6.45) is 3.75. The summed E-state index contributed by atoms with van der Waals surface area (Å²) in [6, 6.07) is 5.49. The molecule has 0 unspecified atom stereocenters. The molecule has 0 aliphatic carbocycles. The molecule has 0 radical (unpaired) electrons. The Bertz CT molecular complexity index is 491. The molecule has 1 saturated heterocycles. The van der Waals surface area contributed by atoms with Crippen molar-refractivity contribution in [2.45, 2.75) is 18.6 Å². The summed E-state index contributed by atoms with van der Waals surface area (Å²) < 4.78 is 0. The summed E-state index contributed by atoms with van der Waals surface area (Å²) >= 11 is 7.83. The molecule has 1 aromatic carbocycles. The number of benzene rings is 1. The average molecular weight is 329 g/mol. The van der Waals surface area contributed by atoms with Crippen molar-refractivity contribution in [1.29, 1.82) is 0 Å². The zero-order valence-corrected chi connectivity index (χ0v) is 13.7. The van der Waals surface area contributed by atoms with Gasteiger partial charge in [0.05, 0.1) is 0 Å². The number of amides is 2. The van der Waals surface area contributed by atoms with E-state index in [1.165, 1.54) is 0 Å². The number of carbonyl (C=O) groups excluding carboxylic acids is 1. The number of piperidine rings is 1.